The Morgan fingerprint density at radius 2 is 2.06 bits per heavy atom. The van der Waals surface area contributed by atoms with Gasteiger partial charge in [0.25, 0.3) is 0 Å². The van der Waals surface area contributed by atoms with Gasteiger partial charge >= 0.3 is 0 Å². The first kappa shape index (κ1) is 11.4. The summed E-state index contributed by atoms with van der Waals surface area (Å²) < 4.78 is 1.10. The SMILES string of the molecule is CNc1cccc(Br)c1/C=C/c1cccs1. The highest BCUT2D eigenvalue weighted by atomic mass is 79.9. The van der Waals surface area contributed by atoms with E-state index in [1.54, 1.807) is 11.3 Å². The fourth-order valence-electron chi connectivity index (χ4n) is 1.48. The van der Waals surface area contributed by atoms with Crippen LogP contribution in [-0.2, 0) is 0 Å². The van der Waals surface area contributed by atoms with Gasteiger partial charge in [-0.3, -0.25) is 0 Å². The van der Waals surface area contributed by atoms with Crippen molar-refractivity contribution in [1.29, 1.82) is 0 Å². The van der Waals surface area contributed by atoms with Crippen LogP contribution in [0.3, 0.4) is 0 Å². The third-order valence-electron chi connectivity index (χ3n) is 2.28. The van der Waals surface area contributed by atoms with E-state index in [2.05, 4.69) is 63.0 Å². The summed E-state index contributed by atoms with van der Waals surface area (Å²) in [5.74, 6) is 0. The highest BCUT2D eigenvalue weighted by Gasteiger charge is 2.01. The Labute approximate surface area is 108 Å². The second-order valence-electron chi connectivity index (χ2n) is 3.30. The van der Waals surface area contributed by atoms with Crippen LogP contribution in [-0.4, -0.2) is 7.05 Å². The lowest BCUT2D eigenvalue weighted by Crippen LogP contribution is -1.91. The summed E-state index contributed by atoms with van der Waals surface area (Å²) in [6.45, 7) is 0. The van der Waals surface area contributed by atoms with Gasteiger partial charge < -0.3 is 5.32 Å². The molecule has 0 fully saturated rings. The minimum atomic E-state index is 1.10. The molecular formula is C13H12BrNS. The Kier molecular flexibility index (Phi) is 3.80. The van der Waals surface area contributed by atoms with Gasteiger partial charge in [0, 0.05) is 27.6 Å². The Balaban J connectivity index is 2.33. The lowest BCUT2D eigenvalue weighted by molar-refractivity contribution is 1.48. The molecule has 0 unspecified atom stereocenters. The number of benzene rings is 1. The molecule has 0 radical (unpaired) electrons. The van der Waals surface area contributed by atoms with Gasteiger partial charge in [-0.2, -0.15) is 0 Å². The zero-order valence-electron chi connectivity index (χ0n) is 8.91. The Hall–Kier alpha value is -1.06. The summed E-state index contributed by atoms with van der Waals surface area (Å²) in [6, 6.07) is 10.3. The molecule has 0 saturated carbocycles. The number of thiophene rings is 1. The zero-order chi connectivity index (χ0) is 11.4. The van der Waals surface area contributed by atoms with Crippen LogP contribution in [0.1, 0.15) is 10.4 Å². The first-order valence-electron chi connectivity index (χ1n) is 4.99. The molecule has 0 atom stereocenters. The van der Waals surface area contributed by atoms with Crippen LogP contribution in [0.2, 0.25) is 0 Å². The van der Waals surface area contributed by atoms with E-state index in [1.807, 2.05) is 13.1 Å². The van der Waals surface area contributed by atoms with E-state index in [0.29, 0.717) is 0 Å². The normalized spacial score (nSPS) is 10.9. The van der Waals surface area contributed by atoms with E-state index < -0.39 is 0 Å². The monoisotopic (exact) mass is 293 g/mol. The van der Waals surface area contributed by atoms with Crippen LogP contribution in [0.4, 0.5) is 5.69 Å². The van der Waals surface area contributed by atoms with E-state index >= 15 is 0 Å². The van der Waals surface area contributed by atoms with Gasteiger partial charge in [-0.15, -0.1) is 11.3 Å². The summed E-state index contributed by atoms with van der Waals surface area (Å²) in [6.07, 6.45) is 4.26. The van der Waals surface area contributed by atoms with Crippen molar-refractivity contribution in [1.82, 2.24) is 0 Å². The number of hydrogen-bond acceptors (Lipinski definition) is 2. The molecule has 0 saturated heterocycles. The van der Waals surface area contributed by atoms with Crippen molar-refractivity contribution < 1.29 is 0 Å². The number of nitrogens with one attached hydrogen (secondary N) is 1. The molecule has 2 rings (SSSR count). The Bertz CT molecular complexity index is 489. The molecule has 0 bridgehead atoms. The standard InChI is InChI=1S/C13H12BrNS/c1-15-13-6-2-5-12(14)11(13)8-7-10-4-3-9-16-10/h2-9,15H,1H3/b8-7+. The van der Waals surface area contributed by atoms with Crippen molar-refractivity contribution in [2.75, 3.05) is 12.4 Å². The predicted molar refractivity (Wildman–Crippen MR) is 76.9 cm³/mol. The number of hydrogen-bond donors (Lipinski definition) is 1. The van der Waals surface area contributed by atoms with E-state index in [4.69, 9.17) is 0 Å². The number of anilines is 1. The molecule has 1 N–H and O–H groups in total. The molecule has 0 aliphatic carbocycles. The average Bonchev–Trinajstić information content (AvgIpc) is 2.80. The highest BCUT2D eigenvalue weighted by molar-refractivity contribution is 9.10. The van der Waals surface area contributed by atoms with Gasteiger partial charge in [0.1, 0.15) is 0 Å². The highest BCUT2D eigenvalue weighted by Crippen LogP contribution is 2.27. The maximum Gasteiger partial charge on any atom is 0.0422 e. The topological polar surface area (TPSA) is 12.0 Å². The second-order valence-corrected chi connectivity index (χ2v) is 5.13. The fraction of sp³-hybridized carbons (Fsp3) is 0.0769. The van der Waals surface area contributed by atoms with Gasteiger partial charge in [0.05, 0.1) is 0 Å². The second kappa shape index (κ2) is 5.32. The van der Waals surface area contributed by atoms with E-state index in [-0.39, 0.29) is 0 Å². The lowest BCUT2D eigenvalue weighted by atomic mass is 10.1. The maximum atomic E-state index is 3.56. The number of rotatable bonds is 3. The first-order valence-corrected chi connectivity index (χ1v) is 6.66. The van der Waals surface area contributed by atoms with Crippen molar-refractivity contribution in [3.63, 3.8) is 0 Å². The molecule has 3 heteroatoms. The van der Waals surface area contributed by atoms with Crippen LogP contribution in [0, 0.1) is 0 Å². The minimum Gasteiger partial charge on any atom is -0.388 e. The van der Waals surface area contributed by atoms with Gasteiger partial charge in [-0.1, -0.05) is 34.1 Å². The van der Waals surface area contributed by atoms with Crippen molar-refractivity contribution in [2.45, 2.75) is 0 Å². The van der Waals surface area contributed by atoms with E-state index in [0.717, 1.165) is 10.2 Å². The molecule has 1 aromatic carbocycles. The lowest BCUT2D eigenvalue weighted by Gasteiger charge is -2.06. The van der Waals surface area contributed by atoms with Gasteiger partial charge in [0.15, 0.2) is 0 Å². The summed E-state index contributed by atoms with van der Waals surface area (Å²) in [4.78, 5) is 1.26. The van der Waals surface area contributed by atoms with Gasteiger partial charge in [-0.25, -0.2) is 0 Å². The Morgan fingerprint density at radius 1 is 1.19 bits per heavy atom. The van der Waals surface area contributed by atoms with Crippen molar-refractivity contribution in [3.05, 3.63) is 50.6 Å². The molecule has 0 aliphatic heterocycles. The molecule has 1 aromatic heterocycles. The van der Waals surface area contributed by atoms with E-state index in [9.17, 15) is 0 Å². The smallest absolute Gasteiger partial charge is 0.0422 e. The summed E-state index contributed by atoms with van der Waals surface area (Å²) in [5, 5.41) is 5.27. The average molecular weight is 294 g/mol. The van der Waals surface area contributed by atoms with Crippen LogP contribution in [0.25, 0.3) is 12.2 Å². The summed E-state index contributed by atoms with van der Waals surface area (Å²) >= 11 is 5.30. The molecule has 82 valence electrons. The maximum absolute atomic E-state index is 3.56. The minimum absolute atomic E-state index is 1.10. The molecule has 2 aromatic rings. The third-order valence-corrected chi connectivity index (χ3v) is 3.81. The zero-order valence-corrected chi connectivity index (χ0v) is 11.3. The molecule has 0 spiro atoms. The first-order chi connectivity index (χ1) is 7.81. The molecule has 1 heterocycles. The van der Waals surface area contributed by atoms with Gasteiger partial charge in [0.2, 0.25) is 0 Å². The summed E-state index contributed by atoms with van der Waals surface area (Å²) in [7, 11) is 1.93. The predicted octanol–water partition coefficient (Wildman–Crippen LogP) is 4.72. The van der Waals surface area contributed by atoms with Crippen molar-refractivity contribution >= 4 is 45.1 Å². The fourth-order valence-corrected chi connectivity index (χ4v) is 2.59. The Morgan fingerprint density at radius 3 is 2.75 bits per heavy atom. The molecule has 0 amide bonds. The van der Waals surface area contributed by atoms with Crippen molar-refractivity contribution in [2.24, 2.45) is 0 Å². The molecule has 0 aliphatic rings. The number of halogens is 1. The quantitative estimate of drug-likeness (QED) is 0.863. The van der Waals surface area contributed by atoms with Crippen LogP contribution in [0.5, 0.6) is 0 Å². The largest absolute Gasteiger partial charge is 0.388 e. The third kappa shape index (κ3) is 2.54. The van der Waals surface area contributed by atoms with Crippen LogP contribution in [0.15, 0.2) is 40.2 Å². The van der Waals surface area contributed by atoms with Crippen LogP contribution < -0.4 is 5.32 Å². The van der Waals surface area contributed by atoms with Crippen molar-refractivity contribution in [3.8, 4) is 0 Å². The van der Waals surface area contributed by atoms with Crippen LogP contribution >= 0.6 is 27.3 Å². The molecule has 1 nitrogen and oxygen atoms in total. The molecule has 16 heavy (non-hydrogen) atoms. The van der Waals surface area contributed by atoms with Gasteiger partial charge in [-0.05, 0) is 29.7 Å². The summed E-state index contributed by atoms with van der Waals surface area (Å²) in [5.41, 5.74) is 2.31. The molecular weight excluding hydrogens is 282 g/mol. The van der Waals surface area contributed by atoms with E-state index in [1.165, 1.54) is 10.4 Å².